The molecule has 0 unspecified atom stereocenters. The van der Waals surface area contributed by atoms with Crippen LogP contribution in [0.15, 0.2) is 11.7 Å². The van der Waals surface area contributed by atoms with E-state index in [4.69, 9.17) is 12.2 Å². The van der Waals surface area contributed by atoms with Gasteiger partial charge in [0.25, 0.3) is 0 Å². The van der Waals surface area contributed by atoms with Gasteiger partial charge in [-0.15, -0.1) is 11.3 Å². The summed E-state index contributed by atoms with van der Waals surface area (Å²) in [5, 5.41) is 6.92. The van der Waals surface area contributed by atoms with Crippen LogP contribution >= 0.6 is 23.6 Å². The Balaban J connectivity index is 2.58. The van der Waals surface area contributed by atoms with E-state index in [1.54, 1.807) is 23.0 Å². The fourth-order valence-corrected chi connectivity index (χ4v) is 2.00. The first-order valence-electron chi connectivity index (χ1n) is 3.87. The topological polar surface area (TPSA) is 46.5 Å². The first-order valence-corrected chi connectivity index (χ1v) is 5.15. The molecule has 1 N–H and O–H groups in total. The predicted molar refractivity (Wildman–Crippen MR) is 54.2 cm³/mol. The van der Waals surface area contributed by atoms with Crippen LogP contribution in [-0.2, 0) is 6.54 Å². The van der Waals surface area contributed by atoms with Crippen LogP contribution in [0.25, 0.3) is 10.7 Å². The Kier molecular flexibility index (Phi) is 2.24. The van der Waals surface area contributed by atoms with Gasteiger partial charge in [-0.1, -0.05) is 0 Å². The van der Waals surface area contributed by atoms with E-state index in [0.29, 0.717) is 4.77 Å². The monoisotopic (exact) mass is 212 g/mol. The third-order valence-corrected chi connectivity index (χ3v) is 2.81. The van der Waals surface area contributed by atoms with Gasteiger partial charge in [0.05, 0.1) is 10.4 Å². The lowest BCUT2D eigenvalue weighted by Crippen LogP contribution is -1.96. The standard InChI is InChI=1S/C7H8N4S2/c1-2-11-6(9-10-7(11)12)5-3-8-4-13-5/h3-4H,2H2,1H3,(H,10,12). The zero-order valence-electron chi connectivity index (χ0n) is 7.02. The molecule has 0 radical (unpaired) electrons. The molecule has 0 bridgehead atoms. The van der Waals surface area contributed by atoms with Crippen molar-refractivity contribution in [1.82, 2.24) is 19.7 Å². The second kappa shape index (κ2) is 3.39. The Bertz CT molecular complexity index is 439. The van der Waals surface area contributed by atoms with E-state index < -0.39 is 0 Å². The Morgan fingerprint density at radius 3 is 3.15 bits per heavy atom. The van der Waals surface area contributed by atoms with Crippen molar-refractivity contribution in [2.75, 3.05) is 0 Å². The van der Waals surface area contributed by atoms with Crippen molar-refractivity contribution in [3.8, 4) is 10.7 Å². The van der Waals surface area contributed by atoms with E-state index in [0.717, 1.165) is 17.2 Å². The number of aromatic amines is 1. The Hall–Kier alpha value is -1.01. The van der Waals surface area contributed by atoms with Crippen molar-refractivity contribution in [3.05, 3.63) is 16.5 Å². The van der Waals surface area contributed by atoms with Crippen LogP contribution in [0.5, 0.6) is 0 Å². The van der Waals surface area contributed by atoms with E-state index in [-0.39, 0.29) is 0 Å². The summed E-state index contributed by atoms with van der Waals surface area (Å²) in [6.07, 6.45) is 1.79. The number of nitrogens with zero attached hydrogens (tertiary/aromatic N) is 3. The molecule has 0 aliphatic rings. The molecule has 0 saturated heterocycles. The molecule has 4 nitrogen and oxygen atoms in total. The lowest BCUT2D eigenvalue weighted by atomic mass is 10.5. The van der Waals surface area contributed by atoms with Gasteiger partial charge in [-0.3, -0.25) is 14.6 Å². The summed E-state index contributed by atoms with van der Waals surface area (Å²) < 4.78 is 2.61. The van der Waals surface area contributed by atoms with Crippen molar-refractivity contribution in [3.63, 3.8) is 0 Å². The molecule has 2 aromatic heterocycles. The van der Waals surface area contributed by atoms with Crippen LogP contribution < -0.4 is 0 Å². The third-order valence-electron chi connectivity index (χ3n) is 1.73. The molecule has 6 heteroatoms. The maximum atomic E-state index is 5.08. The smallest absolute Gasteiger partial charge is 0.195 e. The summed E-state index contributed by atoms with van der Waals surface area (Å²) in [6, 6.07) is 0. The highest BCUT2D eigenvalue weighted by atomic mass is 32.1. The van der Waals surface area contributed by atoms with Crippen LogP contribution in [0.1, 0.15) is 6.92 Å². The van der Waals surface area contributed by atoms with Crippen LogP contribution in [0.2, 0.25) is 0 Å². The van der Waals surface area contributed by atoms with Crippen molar-refractivity contribution < 1.29 is 0 Å². The molecule has 2 rings (SSSR count). The summed E-state index contributed by atoms with van der Waals surface area (Å²) >= 11 is 6.63. The minimum absolute atomic E-state index is 0.658. The number of rotatable bonds is 2. The van der Waals surface area contributed by atoms with Gasteiger partial charge in [-0.2, -0.15) is 5.10 Å². The van der Waals surface area contributed by atoms with Crippen molar-refractivity contribution in [1.29, 1.82) is 0 Å². The van der Waals surface area contributed by atoms with Gasteiger partial charge in [-0.25, -0.2) is 0 Å². The van der Waals surface area contributed by atoms with Crippen molar-refractivity contribution >= 4 is 23.6 Å². The van der Waals surface area contributed by atoms with Crippen molar-refractivity contribution in [2.24, 2.45) is 0 Å². The summed E-state index contributed by atoms with van der Waals surface area (Å²) in [6.45, 7) is 2.86. The molecule has 0 aliphatic heterocycles. The molecule has 0 amide bonds. The van der Waals surface area contributed by atoms with Crippen molar-refractivity contribution in [2.45, 2.75) is 13.5 Å². The van der Waals surface area contributed by atoms with Gasteiger partial charge < -0.3 is 0 Å². The van der Waals surface area contributed by atoms with Crippen LogP contribution in [0, 0.1) is 4.77 Å². The van der Waals surface area contributed by atoms with Gasteiger partial charge in [0.15, 0.2) is 10.6 Å². The quantitative estimate of drug-likeness (QED) is 0.775. The number of hydrogen-bond acceptors (Lipinski definition) is 4. The molecule has 0 atom stereocenters. The van der Waals surface area contributed by atoms with Gasteiger partial charge >= 0.3 is 0 Å². The van der Waals surface area contributed by atoms with Crippen LogP contribution in [0.3, 0.4) is 0 Å². The molecule has 0 aromatic carbocycles. The number of aromatic nitrogens is 4. The van der Waals surface area contributed by atoms with Crippen LogP contribution in [0.4, 0.5) is 0 Å². The van der Waals surface area contributed by atoms with Crippen LogP contribution in [-0.4, -0.2) is 19.7 Å². The number of thiazole rings is 1. The Labute approximate surface area is 84.3 Å². The summed E-state index contributed by atoms with van der Waals surface area (Å²) in [5.74, 6) is 0.870. The van der Waals surface area contributed by atoms with Gasteiger partial charge in [-0.05, 0) is 19.1 Å². The second-order valence-electron chi connectivity index (χ2n) is 2.46. The van der Waals surface area contributed by atoms with E-state index in [9.17, 15) is 0 Å². The molecule has 68 valence electrons. The SMILES string of the molecule is CCn1c(-c2cncs2)n[nH]c1=S. The summed E-state index contributed by atoms with van der Waals surface area (Å²) in [5.41, 5.74) is 1.78. The highest BCUT2D eigenvalue weighted by molar-refractivity contribution is 7.71. The minimum atomic E-state index is 0.658. The van der Waals surface area contributed by atoms with E-state index in [1.165, 1.54) is 0 Å². The molecule has 0 aliphatic carbocycles. The van der Waals surface area contributed by atoms with E-state index in [1.807, 2.05) is 11.5 Å². The lowest BCUT2D eigenvalue weighted by molar-refractivity contribution is 0.756. The predicted octanol–water partition coefficient (Wildman–Crippen LogP) is 2.08. The molecular weight excluding hydrogens is 204 g/mol. The maximum absolute atomic E-state index is 5.08. The Morgan fingerprint density at radius 2 is 2.54 bits per heavy atom. The fraction of sp³-hybridized carbons (Fsp3) is 0.286. The number of hydrogen-bond donors (Lipinski definition) is 1. The average Bonchev–Trinajstić information content (AvgIpc) is 2.71. The Morgan fingerprint density at radius 1 is 1.69 bits per heavy atom. The summed E-state index contributed by atoms with van der Waals surface area (Å²) in [4.78, 5) is 5.04. The largest absolute Gasteiger partial charge is 0.300 e. The number of nitrogens with one attached hydrogen (secondary N) is 1. The molecule has 13 heavy (non-hydrogen) atoms. The highest BCUT2D eigenvalue weighted by Crippen LogP contribution is 2.20. The first kappa shape index (κ1) is 8.58. The fourth-order valence-electron chi connectivity index (χ4n) is 1.13. The molecule has 0 fully saturated rings. The molecule has 0 saturated carbocycles. The number of H-pyrrole nitrogens is 1. The second-order valence-corrected chi connectivity index (χ2v) is 3.74. The summed E-state index contributed by atoms with van der Waals surface area (Å²) in [7, 11) is 0. The molecule has 2 aromatic rings. The van der Waals surface area contributed by atoms with E-state index >= 15 is 0 Å². The van der Waals surface area contributed by atoms with Gasteiger partial charge in [0, 0.05) is 12.7 Å². The average molecular weight is 212 g/mol. The zero-order chi connectivity index (χ0) is 9.26. The maximum Gasteiger partial charge on any atom is 0.195 e. The highest BCUT2D eigenvalue weighted by Gasteiger charge is 2.07. The normalized spacial score (nSPS) is 10.5. The lowest BCUT2D eigenvalue weighted by Gasteiger charge is -1.98. The third kappa shape index (κ3) is 1.42. The van der Waals surface area contributed by atoms with E-state index in [2.05, 4.69) is 15.2 Å². The molecule has 2 heterocycles. The van der Waals surface area contributed by atoms with Gasteiger partial charge in [0.1, 0.15) is 0 Å². The zero-order valence-corrected chi connectivity index (χ0v) is 8.65. The molecular formula is C7H8N4S2. The molecule has 0 spiro atoms. The van der Waals surface area contributed by atoms with Gasteiger partial charge in [0.2, 0.25) is 0 Å². The minimum Gasteiger partial charge on any atom is -0.300 e. The first-order chi connectivity index (χ1) is 6.33.